The molecular weight excluding hydrogens is 172 g/mol. The second-order valence-corrected chi connectivity index (χ2v) is 2.80. The average Bonchev–Trinajstić information content (AvgIpc) is 2.11. The molecule has 0 aromatic carbocycles. The molecule has 0 fully saturated rings. The SMILES string of the molecule is CCCOCCOCC(O)COC. The Morgan fingerprint density at radius 3 is 2.38 bits per heavy atom. The Bertz CT molecular complexity index is 97.6. The van der Waals surface area contributed by atoms with E-state index in [1.807, 2.05) is 0 Å². The smallest absolute Gasteiger partial charge is 0.101 e. The first-order chi connectivity index (χ1) is 6.31. The number of methoxy groups -OCH3 is 1. The van der Waals surface area contributed by atoms with Crippen LogP contribution in [0.2, 0.25) is 0 Å². The third-order valence-corrected chi connectivity index (χ3v) is 1.39. The van der Waals surface area contributed by atoms with Crippen molar-refractivity contribution in [2.75, 3.05) is 40.1 Å². The maximum absolute atomic E-state index is 9.16. The van der Waals surface area contributed by atoms with E-state index in [9.17, 15) is 0 Å². The van der Waals surface area contributed by atoms with Crippen LogP contribution in [0.3, 0.4) is 0 Å². The molecule has 0 saturated heterocycles. The van der Waals surface area contributed by atoms with Gasteiger partial charge < -0.3 is 19.3 Å². The van der Waals surface area contributed by atoms with E-state index in [1.165, 1.54) is 0 Å². The number of ether oxygens (including phenoxy) is 3. The Labute approximate surface area is 79.8 Å². The van der Waals surface area contributed by atoms with Crippen LogP contribution in [0.4, 0.5) is 0 Å². The Morgan fingerprint density at radius 2 is 1.77 bits per heavy atom. The van der Waals surface area contributed by atoms with Crippen LogP contribution in [0.25, 0.3) is 0 Å². The summed E-state index contributed by atoms with van der Waals surface area (Å²) in [5, 5.41) is 9.16. The number of aliphatic hydroxyl groups is 1. The molecule has 0 bridgehead atoms. The van der Waals surface area contributed by atoms with Crippen LogP contribution in [0.15, 0.2) is 0 Å². The van der Waals surface area contributed by atoms with Crippen LogP contribution < -0.4 is 0 Å². The summed E-state index contributed by atoms with van der Waals surface area (Å²) in [7, 11) is 1.55. The molecule has 0 rings (SSSR count). The molecule has 4 heteroatoms. The topological polar surface area (TPSA) is 47.9 Å². The molecule has 4 nitrogen and oxygen atoms in total. The molecule has 13 heavy (non-hydrogen) atoms. The van der Waals surface area contributed by atoms with Crippen molar-refractivity contribution in [2.24, 2.45) is 0 Å². The lowest BCUT2D eigenvalue weighted by Gasteiger charge is -2.09. The zero-order valence-electron chi connectivity index (χ0n) is 8.49. The monoisotopic (exact) mass is 192 g/mol. The highest BCUT2D eigenvalue weighted by molar-refractivity contribution is 4.49. The van der Waals surface area contributed by atoms with Crippen LogP contribution in [0.1, 0.15) is 13.3 Å². The van der Waals surface area contributed by atoms with E-state index in [4.69, 9.17) is 19.3 Å². The van der Waals surface area contributed by atoms with E-state index in [2.05, 4.69) is 6.92 Å². The average molecular weight is 192 g/mol. The zero-order chi connectivity index (χ0) is 9.94. The molecule has 1 atom stereocenters. The summed E-state index contributed by atoms with van der Waals surface area (Å²) in [6, 6.07) is 0. The van der Waals surface area contributed by atoms with Gasteiger partial charge in [0.25, 0.3) is 0 Å². The van der Waals surface area contributed by atoms with Gasteiger partial charge in [-0.05, 0) is 6.42 Å². The molecule has 0 saturated carbocycles. The molecule has 0 amide bonds. The molecule has 0 aliphatic rings. The van der Waals surface area contributed by atoms with Crippen molar-refractivity contribution in [1.82, 2.24) is 0 Å². The summed E-state index contributed by atoms with van der Waals surface area (Å²) in [4.78, 5) is 0. The quantitative estimate of drug-likeness (QED) is 0.538. The summed E-state index contributed by atoms with van der Waals surface area (Å²) in [5.74, 6) is 0. The van der Waals surface area contributed by atoms with Crippen LogP contribution in [0, 0.1) is 0 Å². The highest BCUT2D eigenvalue weighted by atomic mass is 16.5. The zero-order valence-corrected chi connectivity index (χ0v) is 8.49. The minimum atomic E-state index is -0.531. The molecule has 0 aliphatic carbocycles. The number of hydrogen-bond donors (Lipinski definition) is 1. The lowest BCUT2D eigenvalue weighted by atomic mass is 10.4. The van der Waals surface area contributed by atoms with Crippen molar-refractivity contribution < 1.29 is 19.3 Å². The summed E-state index contributed by atoms with van der Waals surface area (Å²) >= 11 is 0. The third-order valence-electron chi connectivity index (χ3n) is 1.39. The Morgan fingerprint density at radius 1 is 1.08 bits per heavy atom. The lowest BCUT2D eigenvalue weighted by molar-refractivity contribution is -0.0228. The molecular formula is C9H20O4. The van der Waals surface area contributed by atoms with Gasteiger partial charge in [0.15, 0.2) is 0 Å². The lowest BCUT2D eigenvalue weighted by Crippen LogP contribution is -2.22. The van der Waals surface area contributed by atoms with Crippen molar-refractivity contribution in [3.63, 3.8) is 0 Å². The molecule has 0 aliphatic heterocycles. The van der Waals surface area contributed by atoms with Gasteiger partial charge in [-0.2, -0.15) is 0 Å². The van der Waals surface area contributed by atoms with Crippen molar-refractivity contribution in [2.45, 2.75) is 19.4 Å². The van der Waals surface area contributed by atoms with Gasteiger partial charge in [0.2, 0.25) is 0 Å². The predicted molar refractivity (Wildman–Crippen MR) is 49.8 cm³/mol. The van der Waals surface area contributed by atoms with Gasteiger partial charge in [-0.1, -0.05) is 6.92 Å². The fourth-order valence-corrected chi connectivity index (χ4v) is 0.824. The maximum atomic E-state index is 9.16. The minimum absolute atomic E-state index is 0.309. The van der Waals surface area contributed by atoms with Crippen LogP contribution in [0.5, 0.6) is 0 Å². The molecule has 0 heterocycles. The first-order valence-corrected chi connectivity index (χ1v) is 4.63. The van der Waals surface area contributed by atoms with E-state index in [1.54, 1.807) is 7.11 Å². The van der Waals surface area contributed by atoms with Gasteiger partial charge in [-0.25, -0.2) is 0 Å². The van der Waals surface area contributed by atoms with E-state index in [-0.39, 0.29) is 0 Å². The van der Waals surface area contributed by atoms with E-state index in [0.717, 1.165) is 13.0 Å². The molecule has 1 unspecified atom stereocenters. The first kappa shape index (κ1) is 12.8. The van der Waals surface area contributed by atoms with Gasteiger partial charge in [-0.15, -0.1) is 0 Å². The van der Waals surface area contributed by atoms with E-state index < -0.39 is 6.10 Å². The third kappa shape index (κ3) is 9.76. The maximum Gasteiger partial charge on any atom is 0.101 e. The normalized spacial score (nSPS) is 13.2. The fraction of sp³-hybridized carbons (Fsp3) is 1.00. The van der Waals surface area contributed by atoms with Gasteiger partial charge >= 0.3 is 0 Å². The Balaban J connectivity index is 2.97. The van der Waals surface area contributed by atoms with Crippen molar-refractivity contribution in [3.8, 4) is 0 Å². The summed E-state index contributed by atoms with van der Waals surface area (Å²) in [6.45, 7) is 4.57. The second kappa shape index (κ2) is 9.92. The highest BCUT2D eigenvalue weighted by Gasteiger charge is 2.01. The highest BCUT2D eigenvalue weighted by Crippen LogP contribution is 1.87. The largest absolute Gasteiger partial charge is 0.388 e. The van der Waals surface area contributed by atoms with E-state index in [0.29, 0.717) is 26.4 Å². The van der Waals surface area contributed by atoms with Gasteiger partial charge in [-0.3, -0.25) is 0 Å². The predicted octanol–water partition coefficient (Wildman–Crippen LogP) is 0.437. The number of rotatable bonds is 9. The van der Waals surface area contributed by atoms with Crippen molar-refractivity contribution >= 4 is 0 Å². The van der Waals surface area contributed by atoms with Crippen LogP contribution in [-0.4, -0.2) is 51.4 Å². The molecule has 0 spiro atoms. The van der Waals surface area contributed by atoms with Crippen LogP contribution >= 0.6 is 0 Å². The van der Waals surface area contributed by atoms with Gasteiger partial charge in [0.05, 0.1) is 26.4 Å². The molecule has 0 aromatic rings. The summed E-state index contributed by atoms with van der Waals surface area (Å²) in [6.07, 6.45) is 0.489. The molecule has 0 radical (unpaired) electrons. The Kier molecular flexibility index (Phi) is 9.80. The van der Waals surface area contributed by atoms with E-state index >= 15 is 0 Å². The number of aliphatic hydroxyl groups excluding tert-OH is 1. The summed E-state index contributed by atoms with van der Waals surface area (Å²) in [5.41, 5.74) is 0. The molecule has 80 valence electrons. The van der Waals surface area contributed by atoms with Crippen molar-refractivity contribution in [1.29, 1.82) is 0 Å². The minimum Gasteiger partial charge on any atom is -0.388 e. The second-order valence-electron chi connectivity index (χ2n) is 2.80. The van der Waals surface area contributed by atoms with Gasteiger partial charge in [0.1, 0.15) is 6.10 Å². The van der Waals surface area contributed by atoms with Crippen molar-refractivity contribution in [3.05, 3.63) is 0 Å². The number of hydrogen-bond acceptors (Lipinski definition) is 4. The first-order valence-electron chi connectivity index (χ1n) is 4.63. The van der Waals surface area contributed by atoms with Crippen LogP contribution in [-0.2, 0) is 14.2 Å². The van der Waals surface area contributed by atoms with Gasteiger partial charge in [0, 0.05) is 13.7 Å². The standard InChI is InChI=1S/C9H20O4/c1-3-4-12-5-6-13-8-9(10)7-11-2/h9-10H,3-8H2,1-2H3. The Hall–Kier alpha value is -0.160. The fourth-order valence-electron chi connectivity index (χ4n) is 0.824. The summed E-state index contributed by atoms with van der Waals surface area (Å²) < 4.78 is 15.1. The molecule has 0 aromatic heterocycles. The molecule has 1 N–H and O–H groups in total.